The van der Waals surface area contributed by atoms with Gasteiger partial charge in [-0.1, -0.05) is 23.7 Å². The molecule has 0 aliphatic rings. The van der Waals surface area contributed by atoms with Crippen molar-refractivity contribution in [1.29, 1.82) is 5.26 Å². The lowest BCUT2D eigenvalue weighted by molar-refractivity contribution is -0.162. The quantitative estimate of drug-likeness (QED) is 0.125. The first kappa shape index (κ1) is 35.0. The predicted octanol–water partition coefficient (Wildman–Crippen LogP) is 7.57. The standard InChI is InChI=1S/C31H34ClN2O8PS/c1-30(2,3)28(36)39-18-41-43(38,42-19-40-29(37)31(4,5)6)26(24-17-44-25-11-10-22(32)15-23(24)25)27(35)34-13-12-20-8-7-9-21(14-20)16-33/h7-15,17,26H,18-19H2,1-6H3,(H,34,35). The number of ether oxygens (including phenoxy) is 2. The summed E-state index contributed by atoms with van der Waals surface area (Å²) in [6.07, 6.45) is 2.89. The van der Waals surface area contributed by atoms with Crippen LogP contribution in [0.25, 0.3) is 16.2 Å². The highest BCUT2D eigenvalue weighted by Gasteiger charge is 2.45. The predicted molar refractivity (Wildman–Crippen MR) is 169 cm³/mol. The molecule has 3 aromatic rings. The van der Waals surface area contributed by atoms with Crippen LogP contribution in [-0.4, -0.2) is 31.4 Å². The summed E-state index contributed by atoms with van der Waals surface area (Å²) >= 11 is 7.55. The van der Waals surface area contributed by atoms with Crippen LogP contribution in [0.4, 0.5) is 0 Å². The lowest BCUT2D eigenvalue weighted by atomic mass is 9.98. The van der Waals surface area contributed by atoms with E-state index in [1.807, 2.05) is 6.07 Å². The molecule has 0 aliphatic carbocycles. The molecule has 10 nitrogen and oxygen atoms in total. The number of benzene rings is 2. The normalized spacial score (nSPS) is 13.0. The van der Waals surface area contributed by atoms with Crippen molar-refractivity contribution in [2.75, 3.05) is 13.6 Å². The molecule has 13 heteroatoms. The van der Waals surface area contributed by atoms with Crippen LogP contribution in [0.5, 0.6) is 0 Å². The van der Waals surface area contributed by atoms with Crippen LogP contribution in [0.2, 0.25) is 5.02 Å². The minimum absolute atomic E-state index is 0.275. The highest BCUT2D eigenvalue weighted by molar-refractivity contribution is 7.55. The van der Waals surface area contributed by atoms with Crippen molar-refractivity contribution in [2.24, 2.45) is 10.8 Å². The van der Waals surface area contributed by atoms with Crippen LogP contribution >= 0.6 is 30.5 Å². The highest BCUT2D eigenvalue weighted by Crippen LogP contribution is 2.62. The van der Waals surface area contributed by atoms with Gasteiger partial charge in [0.05, 0.1) is 22.5 Å². The number of hydrogen-bond donors (Lipinski definition) is 1. The third-order valence-corrected chi connectivity index (χ3v) is 9.30. The van der Waals surface area contributed by atoms with E-state index in [0.717, 1.165) is 4.70 Å². The Bertz CT molecular complexity index is 1610. The van der Waals surface area contributed by atoms with Crippen molar-refractivity contribution >= 4 is 64.5 Å². The molecule has 0 spiro atoms. The second-order valence-corrected chi connectivity index (χ2v) is 15.2. The molecule has 44 heavy (non-hydrogen) atoms. The average molecular weight is 661 g/mol. The van der Waals surface area contributed by atoms with Gasteiger partial charge >= 0.3 is 19.5 Å². The summed E-state index contributed by atoms with van der Waals surface area (Å²) in [6.45, 7) is 8.19. The molecule has 0 aliphatic heterocycles. The molecule has 234 valence electrons. The SMILES string of the molecule is CC(C)(C)C(=O)OCOP(=O)(OCOC(=O)C(C)(C)C)C(C(=O)NC=Cc1cccc(C#N)c1)c1csc2ccc(Cl)cc12. The van der Waals surface area contributed by atoms with Gasteiger partial charge in [-0.25, -0.2) is 0 Å². The summed E-state index contributed by atoms with van der Waals surface area (Å²) < 4.78 is 36.9. The van der Waals surface area contributed by atoms with E-state index in [2.05, 4.69) is 5.32 Å². The molecular weight excluding hydrogens is 627 g/mol. The molecule has 0 fully saturated rings. The summed E-state index contributed by atoms with van der Waals surface area (Å²) in [5.74, 6) is -2.07. The van der Waals surface area contributed by atoms with Gasteiger partial charge in [0.1, 0.15) is 0 Å². The number of nitrogens with one attached hydrogen (secondary N) is 1. The van der Waals surface area contributed by atoms with E-state index >= 15 is 0 Å². The molecule has 0 saturated carbocycles. The highest BCUT2D eigenvalue weighted by atomic mass is 35.5. The van der Waals surface area contributed by atoms with Gasteiger partial charge in [0.25, 0.3) is 0 Å². The Kier molecular flexibility index (Phi) is 11.5. The smallest absolute Gasteiger partial charge is 0.353 e. The van der Waals surface area contributed by atoms with Gasteiger partial charge in [-0.15, -0.1) is 11.3 Å². The Morgan fingerprint density at radius 3 is 2.18 bits per heavy atom. The van der Waals surface area contributed by atoms with Gasteiger partial charge in [-0.3, -0.25) is 28.0 Å². The summed E-state index contributed by atoms with van der Waals surface area (Å²) in [5, 5.41) is 14.3. The van der Waals surface area contributed by atoms with E-state index in [1.165, 1.54) is 17.5 Å². The zero-order chi connectivity index (χ0) is 32.7. The van der Waals surface area contributed by atoms with E-state index in [1.54, 1.807) is 95.5 Å². The first-order chi connectivity index (χ1) is 20.5. The molecule has 1 amide bonds. The Balaban J connectivity index is 2.02. The van der Waals surface area contributed by atoms with Gasteiger partial charge in [-0.2, -0.15) is 5.26 Å². The number of esters is 2. The van der Waals surface area contributed by atoms with E-state index in [9.17, 15) is 24.2 Å². The van der Waals surface area contributed by atoms with Gasteiger partial charge in [0.15, 0.2) is 5.66 Å². The number of carbonyl (C=O) groups excluding carboxylic acids is 3. The Morgan fingerprint density at radius 2 is 1.61 bits per heavy atom. The number of hydrogen-bond acceptors (Lipinski definition) is 10. The van der Waals surface area contributed by atoms with Crippen LogP contribution in [0.3, 0.4) is 0 Å². The summed E-state index contributed by atoms with van der Waals surface area (Å²) in [4.78, 5) is 38.7. The van der Waals surface area contributed by atoms with Gasteiger partial charge in [0.2, 0.25) is 19.5 Å². The van der Waals surface area contributed by atoms with Crippen molar-refractivity contribution in [3.63, 3.8) is 0 Å². The maximum atomic E-state index is 14.6. The first-order valence-electron chi connectivity index (χ1n) is 13.4. The Labute approximate surface area is 265 Å². The molecular formula is C31H34ClN2O8PS. The number of thiophene rings is 1. The number of amides is 1. The molecule has 3 rings (SSSR count). The van der Waals surface area contributed by atoms with Crippen molar-refractivity contribution < 1.29 is 37.5 Å². The third kappa shape index (κ3) is 9.24. The van der Waals surface area contributed by atoms with E-state index in [4.69, 9.17) is 30.1 Å². The molecule has 1 unspecified atom stereocenters. The van der Waals surface area contributed by atoms with Crippen molar-refractivity contribution in [3.05, 3.63) is 75.8 Å². The lowest BCUT2D eigenvalue weighted by Gasteiger charge is -2.27. The molecule has 1 atom stereocenters. The number of carbonyl (C=O) groups is 3. The van der Waals surface area contributed by atoms with Crippen LogP contribution < -0.4 is 5.32 Å². The fourth-order valence-corrected chi connectivity index (χ4v) is 6.55. The number of fused-ring (bicyclic) bond motifs is 1. The molecule has 1 heterocycles. The molecule has 2 aromatic carbocycles. The van der Waals surface area contributed by atoms with E-state index in [0.29, 0.717) is 21.5 Å². The Hall–Kier alpha value is -3.52. The summed E-state index contributed by atoms with van der Waals surface area (Å²) in [7, 11) is -4.62. The van der Waals surface area contributed by atoms with Gasteiger partial charge in [-0.05, 0) is 99.8 Å². The molecule has 0 bridgehead atoms. The average Bonchev–Trinajstić information content (AvgIpc) is 3.34. The zero-order valence-electron chi connectivity index (χ0n) is 25.2. The molecule has 1 N–H and O–H groups in total. The number of halogens is 1. The minimum atomic E-state index is -4.62. The monoisotopic (exact) mass is 660 g/mol. The second-order valence-electron chi connectivity index (χ2n) is 11.7. The molecule has 1 aromatic heterocycles. The molecule has 0 radical (unpaired) electrons. The summed E-state index contributed by atoms with van der Waals surface area (Å²) in [6, 6.07) is 13.8. The van der Waals surface area contributed by atoms with Gasteiger partial charge in [0, 0.05) is 15.9 Å². The number of rotatable bonds is 11. The lowest BCUT2D eigenvalue weighted by Crippen LogP contribution is -2.29. The fraction of sp³-hybridized carbons (Fsp3) is 0.355. The van der Waals surface area contributed by atoms with Gasteiger partial charge < -0.3 is 14.8 Å². The maximum Gasteiger partial charge on any atom is 0.353 e. The minimum Gasteiger partial charge on any atom is -0.438 e. The number of nitrogens with zero attached hydrogens (tertiary/aromatic N) is 1. The van der Waals surface area contributed by atoms with Crippen LogP contribution in [0.15, 0.2) is 54.0 Å². The largest absolute Gasteiger partial charge is 0.438 e. The van der Waals surface area contributed by atoms with Crippen LogP contribution in [-0.2, 0) is 37.5 Å². The van der Waals surface area contributed by atoms with Crippen LogP contribution in [0.1, 0.15) is 63.9 Å². The van der Waals surface area contributed by atoms with Crippen molar-refractivity contribution in [2.45, 2.75) is 47.2 Å². The first-order valence-corrected chi connectivity index (χ1v) is 16.3. The van der Waals surface area contributed by atoms with E-state index in [-0.39, 0.29) is 5.56 Å². The maximum absolute atomic E-state index is 14.6. The van der Waals surface area contributed by atoms with E-state index < -0.39 is 55.5 Å². The topological polar surface area (TPSA) is 141 Å². The Morgan fingerprint density at radius 1 is 1.00 bits per heavy atom. The van der Waals surface area contributed by atoms with Crippen molar-refractivity contribution in [3.8, 4) is 6.07 Å². The third-order valence-electron chi connectivity index (χ3n) is 6.01. The second kappa shape index (κ2) is 14.5. The fourth-order valence-electron chi connectivity index (χ4n) is 3.62. The summed E-state index contributed by atoms with van der Waals surface area (Å²) in [5.41, 5.74) is -2.04. The van der Waals surface area contributed by atoms with Crippen molar-refractivity contribution in [1.82, 2.24) is 5.32 Å². The van der Waals surface area contributed by atoms with Crippen LogP contribution in [0, 0.1) is 22.2 Å². The zero-order valence-corrected chi connectivity index (χ0v) is 27.7. The molecule has 0 saturated heterocycles. The number of nitriles is 1.